The maximum atomic E-state index is 11.1. The molecule has 5 heteroatoms. The van der Waals surface area contributed by atoms with E-state index in [2.05, 4.69) is 4.98 Å². The number of hydrogen-bond donors (Lipinski definition) is 1. The second-order valence-corrected chi connectivity index (χ2v) is 5.52. The van der Waals surface area contributed by atoms with E-state index in [9.17, 15) is 4.79 Å². The molecule has 3 nitrogen and oxygen atoms in total. The van der Waals surface area contributed by atoms with Gasteiger partial charge in [-0.05, 0) is 29.6 Å². The van der Waals surface area contributed by atoms with Crippen LogP contribution >= 0.6 is 22.7 Å². The number of carbonyl (C=O) groups is 1. The molecule has 0 unspecified atom stereocenters. The number of thiophene rings is 2. The molecular formula is C12H8N2OS2. The van der Waals surface area contributed by atoms with Crippen LogP contribution in [-0.2, 0) is 0 Å². The van der Waals surface area contributed by atoms with Gasteiger partial charge in [-0.2, -0.15) is 0 Å². The predicted molar refractivity (Wildman–Crippen MR) is 71.5 cm³/mol. The van der Waals surface area contributed by atoms with Gasteiger partial charge in [0.1, 0.15) is 4.83 Å². The monoisotopic (exact) mass is 260 g/mol. The van der Waals surface area contributed by atoms with Gasteiger partial charge in [0.05, 0.1) is 15.4 Å². The van der Waals surface area contributed by atoms with E-state index < -0.39 is 5.91 Å². The Bertz CT molecular complexity index is 686. The number of nitrogens with two attached hydrogens (primary N) is 1. The van der Waals surface area contributed by atoms with Gasteiger partial charge in [-0.3, -0.25) is 4.79 Å². The summed E-state index contributed by atoms with van der Waals surface area (Å²) < 4.78 is 0. The maximum Gasteiger partial charge on any atom is 0.258 e. The zero-order chi connectivity index (χ0) is 11.8. The van der Waals surface area contributed by atoms with Gasteiger partial charge >= 0.3 is 0 Å². The number of fused-ring (bicyclic) bond motifs is 1. The van der Waals surface area contributed by atoms with Crippen molar-refractivity contribution in [3.8, 4) is 10.6 Å². The van der Waals surface area contributed by atoms with Crippen LogP contribution < -0.4 is 5.73 Å². The first kappa shape index (κ1) is 10.4. The number of amides is 1. The minimum absolute atomic E-state index is 0.398. The lowest BCUT2D eigenvalue weighted by atomic mass is 10.2. The molecule has 0 radical (unpaired) electrons. The first-order chi connectivity index (χ1) is 8.24. The second-order valence-electron chi connectivity index (χ2n) is 3.54. The summed E-state index contributed by atoms with van der Waals surface area (Å²) in [5.41, 5.74) is 6.19. The molecule has 2 N–H and O–H groups in total. The first-order valence-corrected chi connectivity index (χ1v) is 6.68. The molecule has 0 saturated carbocycles. The SMILES string of the molecule is NC(=O)c1cc2ccc(-c3cccs3)nc2s1. The number of pyridine rings is 1. The number of rotatable bonds is 2. The Morgan fingerprint density at radius 2 is 2.18 bits per heavy atom. The Kier molecular flexibility index (Phi) is 2.42. The largest absolute Gasteiger partial charge is 0.365 e. The third-order valence-corrected chi connectivity index (χ3v) is 4.35. The van der Waals surface area contributed by atoms with E-state index >= 15 is 0 Å². The van der Waals surface area contributed by atoms with E-state index in [4.69, 9.17) is 5.73 Å². The van der Waals surface area contributed by atoms with E-state index in [-0.39, 0.29) is 0 Å². The molecule has 0 aliphatic rings. The van der Waals surface area contributed by atoms with Gasteiger partial charge in [-0.1, -0.05) is 6.07 Å². The Balaban J connectivity index is 2.16. The van der Waals surface area contributed by atoms with Crippen LogP contribution in [0.15, 0.2) is 35.7 Å². The normalized spacial score (nSPS) is 10.8. The van der Waals surface area contributed by atoms with E-state index in [1.807, 2.05) is 29.6 Å². The van der Waals surface area contributed by atoms with E-state index in [1.54, 1.807) is 17.4 Å². The average Bonchev–Trinajstić information content (AvgIpc) is 2.97. The van der Waals surface area contributed by atoms with Crippen LogP contribution in [0.1, 0.15) is 9.67 Å². The summed E-state index contributed by atoms with van der Waals surface area (Å²) >= 11 is 2.98. The fraction of sp³-hybridized carbons (Fsp3) is 0. The zero-order valence-electron chi connectivity index (χ0n) is 8.71. The van der Waals surface area contributed by atoms with E-state index in [0.29, 0.717) is 4.88 Å². The number of carbonyl (C=O) groups excluding carboxylic acids is 1. The molecule has 0 spiro atoms. The molecule has 0 aliphatic carbocycles. The Hall–Kier alpha value is -1.72. The molecule has 3 rings (SSSR count). The molecule has 3 aromatic rings. The molecular weight excluding hydrogens is 252 g/mol. The van der Waals surface area contributed by atoms with Crippen LogP contribution in [0.4, 0.5) is 0 Å². The first-order valence-electron chi connectivity index (χ1n) is 4.98. The lowest BCUT2D eigenvalue weighted by Gasteiger charge is -1.95. The smallest absolute Gasteiger partial charge is 0.258 e. The van der Waals surface area contributed by atoms with Crippen molar-refractivity contribution < 1.29 is 4.79 Å². The molecule has 84 valence electrons. The summed E-state index contributed by atoms with van der Waals surface area (Å²) in [7, 11) is 0. The molecule has 0 saturated heterocycles. The van der Waals surface area contributed by atoms with Crippen molar-refractivity contribution in [3.63, 3.8) is 0 Å². The van der Waals surface area contributed by atoms with E-state index in [1.165, 1.54) is 11.3 Å². The van der Waals surface area contributed by atoms with Crippen molar-refractivity contribution in [1.29, 1.82) is 0 Å². The van der Waals surface area contributed by atoms with Crippen LogP contribution in [-0.4, -0.2) is 10.9 Å². The van der Waals surface area contributed by atoms with Crippen molar-refractivity contribution in [2.24, 2.45) is 5.73 Å². The van der Waals surface area contributed by atoms with Crippen LogP contribution in [0.2, 0.25) is 0 Å². The van der Waals surface area contributed by atoms with Crippen LogP contribution in [0, 0.1) is 0 Å². The van der Waals surface area contributed by atoms with Crippen molar-refractivity contribution in [3.05, 3.63) is 40.6 Å². The highest BCUT2D eigenvalue weighted by atomic mass is 32.1. The van der Waals surface area contributed by atoms with Gasteiger partial charge in [0, 0.05) is 5.39 Å². The van der Waals surface area contributed by atoms with Crippen LogP contribution in [0.25, 0.3) is 20.8 Å². The summed E-state index contributed by atoms with van der Waals surface area (Å²) in [6, 6.07) is 9.75. The summed E-state index contributed by atoms with van der Waals surface area (Å²) in [4.78, 5) is 18.2. The average molecular weight is 260 g/mol. The fourth-order valence-electron chi connectivity index (χ4n) is 1.60. The molecule has 17 heavy (non-hydrogen) atoms. The van der Waals surface area contributed by atoms with Gasteiger partial charge in [0.15, 0.2) is 0 Å². The minimum atomic E-state index is -0.398. The molecule has 0 aromatic carbocycles. The van der Waals surface area contributed by atoms with Crippen molar-refractivity contribution in [2.45, 2.75) is 0 Å². The minimum Gasteiger partial charge on any atom is -0.365 e. The third kappa shape index (κ3) is 1.83. The molecule has 3 aromatic heterocycles. The predicted octanol–water partition coefficient (Wildman–Crippen LogP) is 3.12. The van der Waals surface area contributed by atoms with E-state index in [0.717, 1.165) is 20.8 Å². The molecule has 0 atom stereocenters. The summed E-state index contributed by atoms with van der Waals surface area (Å²) in [5, 5.41) is 2.98. The third-order valence-electron chi connectivity index (χ3n) is 2.40. The number of nitrogens with zero attached hydrogens (tertiary/aromatic N) is 1. The standard InChI is InChI=1S/C12H8N2OS2/c13-11(15)10-6-7-3-4-8(14-12(7)17-10)9-2-1-5-16-9/h1-6H,(H2,13,15). The van der Waals surface area contributed by atoms with Crippen molar-refractivity contribution in [2.75, 3.05) is 0 Å². The highest BCUT2D eigenvalue weighted by Crippen LogP contribution is 2.29. The Morgan fingerprint density at radius 1 is 1.29 bits per heavy atom. The van der Waals surface area contributed by atoms with Crippen LogP contribution in [0.3, 0.4) is 0 Å². The molecule has 3 heterocycles. The highest BCUT2D eigenvalue weighted by Gasteiger charge is 2.09. The summed E-state index contributed by atoms with van der Waals surface area (Å²) in [6.45, 7) is 0. The van der Waals surface area contributed by atoms with Gasteiger partial charge < -0.3 is 5.73 Å². The Labute approximate surface area is 106 Å². The maximum absolute atomic E-state index is 11.1. The van der Waals surface area contributed by atoms with Gasteiger partial charge in [-0.15, -0.1) is 22.7 Å². The molecule has 0 aliphatic heterocycles. The number of aromatic nitrogens is 1. The summed E-state index contributed by atoms with van der Waals surface area (Å²) in [6.07, 6.45) is 0. The van der Waals surface area contributed by atoms with Gasteiger partial charge in [-0.25, -0.2) is 4.98 Å². The zero-order valence-corrected chi connectivity index (χ0v) is 10.3. The van der Waals surface area contributed by atoms with Gasteiger partial charge in [0.25, 0.3) is 5.91 Å². The quantitative estimate of drug-likeness (QED) is 0.769. The van der Waals surface area contributed by atoms with Crippen LogP contribution in [0.5, 0.6) is 0 Å². The fourth-order valence-corrected chi connectivity index (χ4v) is 3.18. The molecule has 0 fully saturated rings. The number of primary amides is 1. The van der Waals surface area contributed by atoms with Crippen molar-refractivity contribution >= 4 is 38.8 Å². The topological polar surface area (TPSA) is 56.0 Å². The lowest BCUT2D eigenvalue weighted by Crippen LogP contribution is -2.07. The lowest BCUT2D eigenvalue weighted by molar-refractivity contribution is 0.100. The van der Waals surface area contributed by atoms with Gasteiger partial charge in [0.2, 0.25) is 0 Å². The molecule has 0 bridgehead atoms. The molecule has 1 amide bonds. The van der Waals surface area contributed by atoms with Crippen molar-refractivity contribution in [1.82, 2.24) is 4.98 Å². The Morgan fingerprint density at radius 3 is 2.88 bits per heavy atom. The second kappa shape index (κ2) is 3.94. The number of hydrogen-bond acceptors (Lipinski definition) is 4. The highest BCUT2D eigenvalue weighted by molar-refractivity contribution is 7.20. The summed E-state index contributed by atoms with van der Waals surface area (Å²) in [5.74, 6) is -0.398.